The van der Waals surface area contributed by atoms with Gasteiger partial charge in [-0.05, 0) is 24.1 Å². The van der Waals surface area contributed by atoms with Gasteiger partial charge in [0.2, 0.25) is 0 Å². The summed E-state index contributed by atoms with van der Waals surface area (Å²) in [6.45, 7) is 2.18. The van der Waals surface area contributed by atoms with Crippen molar-refractivity contribution < 1.29 is 14.3 Å². The van der Waals surface area contributed by atoms with Crippen LogP contribution >= 0.6 is 0 Å². The molecule has 0 aromatic heterocycles. The number of rotatable bonds is 4. The number of amidine groups is 1. The first-order valence-corrected chi connectivity index (χ1v) is 6.06. The Kier molecular flexibility index (Phi) is 4.20. The smallest absolute Gasteiger partial charge is 0.170 e. The van der Waals surface area contributed by atoms with Crippen LogP contribution in [0.15, 0.2) is 47.6 Å². The van der Waals surface area contributed by atoms with Crippen molar-refractivity contribution in [3.8, 4) is 5.75 Å². The van der Waals surface area contributed by atoms with Gasteiger partial charge in [0.1, 0.15) is 18.2 Å². The Bertz CT molecular complexity index is 624. The lowest BCUT2D eigenvalue weighted by Gasteiger charge is -2.09. The summed E-state index contributed by atoms with van der Waals surface area (Å²) in [4.78, 5) is 0. The van der Waals surface area contributed by atoms with Gasteiger partial charge < -0.3 is 15.7 Å². The third-order valence-corrected chi connectivity index (χ3v) is 2.90. The van der Waals surface area contributed by atoms with Crippen molar-refractivity contribution in [1.29, 1.82) is 0 Å². The normalized spacial score (nSPS) is 11.4. The largest absolute Gasteiger partial charge is 0.489 e. The molecule has 0 saturated carbocycles. The van der Waals surface area contributed by atoms with Gasteiger partial charge >= 0.3 is 0 Å². The third kappa shape index (κ3) is 3.26. The van der Waals surface area contributed by atoms with Crippen molar-refractivity contribution in [3.63, 3.8) is 0 Å². The van der Waals surface area contributed by atoms with Crippen LogP contribution in [0.4, 0.5) is 4.39 Å². The first-order valence-electron chi connectivity index (χ1n) is 6.06. The van der Waals surface area contributed by atoms with Crippen LogP contribution in [0.25, 0.3) is 0 Å². The zero-order chi connectivity index (χ0) is 14.5. The highest BCUT2D eigenvalue weighted by atomic mass is 19.1. The number of nitrogens with two attached hydrogens (primary N) is 1. The third-order valence-electron chi connectivity index (χ3n) is 2.90. The average Bonchev–Trinajstić information content (AvgIpc) is 2.48. The van der Waals surface area contributed by atoms with Crippen molar-refractivity contribution in [2.24, 2.45) is 10.9 Å². The fourth-order valence-corrected chi connectivity index (χ4v) is 1.72. The van der Waals surface area contributed by atoms with E-state index in [0.717, 1.165) is 11.1 Å². The molecule has 0 heterocycles. The molecule has 3 N–H and O–H groups in total. The number of ether oxygens (including phenoxy) is 1. The summed E-state index contributed by atoms with van der Waals surface area (Å²) >= 11 is 0. The Morgan fingerprint density at radius 1 is 1.25 bits per heavy atom. The van der Waals surface area contributed by atoms with E-state index in [1.165, 1.54) is 12.1 Å². The molecule has 0 bridgehead atoms. The van der Waals surface area contributed by atoms with Crippen molar-refractivity contribution in [2.75, 3.05) is 0 Å². The summed E-state index contributed by atoms with van der Waals surface area (Å²) < 4.78 is 18.7. The van der Waals surface area contributed by atoms with Crippen molar-refractivity contribution >= 4 is 5.84 Å². The molecule has 104 valence electrons. The number of aryl methyl sites for hydroxylation is 1. The summed E-state index contributed by atoms with van der Waals surface area (Å²) in [5.74, 6) is 0.247. The molecule has 4 nitrogen and oxygen atoms in total. The summed E-state index contributed by atoms with van der Waals surface area (Å²) in [5.41, 5.74) is 7.88. The van der Waals surface area contributed by atoms with Crippen LogP contribution in [-0.2, 0) is 6.61 Å². The molecule has 0 saturated heterocycles. The van der Waals surface area contributed by atoms with Gasteiger partial charge in [-0.2, -0.15) is 0 Å². The molecule has 0 aliphatic carbocycles. The van der Waals surface area contributed by atoms with Gasteiger partial charge in [0.25, 0.3) is 0 Å². The van der Waals surface area contributed by atoms with Crippen LogP contribution in [0.1, 0.15) is 16.7 Å². The number of halogens is 1. The Hall–Kier alpha value is -2.56. The fourth-order valence-electron chi connectivity index (χ4n) is 1.72. The molecule has 0 spiro atoms. The molecule has 20 heavy (non-hydrogen) atoms. The molecular formula is C15H15FN2O2. The molecular weight excluding hydrogens is 259 g/mol. The van der Waals surface area contributed by atoms with Gasteiger partial charge in [0.05, 0.1) is 0 Å². The van der Waals surface area contributed by atoms with Gasteiger partial charge in [-0.1, -0.05) is 35.5 Å². The Balaban J connectivity index is 2.06. The zero-order valence-electron chi connectivity index (χ0n) is 11.0. The molecule has 5 heteroatoms. The van der Waals surface area contributed by atoms with Crippen LogP contribution in [0.3, 0.4) is 0 Å². The molecule has 0 amide bonds. The molecule has 0 radical (unpaired) electrons. The van der Waals surface area contributed by atoms with E-state index >= 15 is 0 Å². The van der Waals surface area contributed by atoms with E-state index in [-0.39, 0.29) is 11.7 Å². The lowest BCUT2D eigenvalue weighted by Crippen LogP contribution is -2.12. The van der Waals surface area contributed by atoms with Crippen LogP contribution in [-0.4, -0.2) is 11.0 Å². The monoisotopic (exact) mass is 274 g/mol. The molecule has 0 aliphatic rings. The van der Waals surface area contributed by atoms with Crippen molar-refractivity contribution in [3.05, 3.63) is 65.0 Å². The highest BCUT2D eigenvalue weighted by Crippen LogP contribution is 2.20. The van der Waals surface area contributed by atoms with Crippen LogP contribution in [0.2, 0.25) is 0 Å². The highest BCUT2D eigenvalue weighted by molar-refractivity contribution is 5.96. The summed E-state index contributed by atoms with van der Waals surface area (Å²) in [5, 5.41) is 11.5. The van der Waals surface area contributed by atoms with Crippen LogP contribution < -0.4 is 10.5 Å². The minimum Gasteiger partial charge on any atom is -0.489 e. The lowest BCUT2D eigenvalue weighted by atomic mass is 10.1. The maximum Gasteiger partial charge on any atom is 0.170 e. The molecule has 2 aromatic carbocycles. The first kappa shape index (κ1) is 13.9. The zero-order valence-corrected chi connectivity index (χ0v) is 11.0. The number of oxime groups is 1. The topological polar surface area (TPSA) is 67.8 Å². The van der Waals surface area contributed by atoms with Crippen LogP contribution in [0.5, 0.6) is 5.75 Å². The molecule has 0 atom stereocenters. The van der Waals surface area contributed by atoms with Gasteiger partial charge in [0, 0.05) is 11.6 Å². The molecule has 0 fully saturated rings. The second-order valence-corrected chi connectivity index (χ2v) is 4.38. The van der Waals surface area contributed by atoms with E-state index in [1.54, 1.807) is 18.2 Å². The predicted molar refractivity (Wildman–Crippen MR) is 74.4 cm³/mol. The van der Waals surface area contributed by atoms with Crippen LogP contribution in [0, 0.1) is 12.7 Å². The summed E-state index contributed by atoms with van der Waals surface area (Å²) in [6, 6.07) is 11.5. The lowest BCUT2D eigenvalue weighted by molar-refractivity contribution is 0.302. The van der Waals surface area contributed by atoms with Crippen molar-refractivity contribution in [2.45, 2.75) is 13.5 Å². The number of benzene rings is 2. The Morgan fingerprint density at radius 2 is 1.95 bits per heavy atom. The van der Waals surface area contributed by atoms with Crippen molar-refractivity contribution in [1.82, 2.24) is 0 Å². The van der Waals surface area contributed by atoms with Gasteiger partial charge in [-0.15, -0.1) is 0 Å². The van der Waals surface area contributed by atoms with E-state index in [4.69, 9.17) is 15.7 Å². The Labute approximate surface area is 116 Å². The average molecular weight is 274 g/mol. The van der Waals surface area contributed by atoms with E-state index in [9.17, 15) is 4.39 Å². The van der Waals surface area contributed by atoms with E-state index < -0.39 is 0 Å². The Morgan fingerprint density at radius 3 is 2.60 bits per heavy atom. The minimum atomic E-state index is -0.326. The van der Waals surface area contributed by atoms with Gasteiger partial charge in [0.15, 0.2) is 5.84 Å². The van der Waals surface area contributed by atoms with E-state index in [0.29, 0.717) is 17.9 Å². The fraction of sp³-hybridized carbons (Fsp3) is 0.133. The molecule has 0 aliphatic heterocycles. The predicted octanol–water partition coefficient (Wildman–Crippen LogP) is 2.81. The maximum atomic E-state index is 13.1. The molecule has 0 unspecified atom stereocenters. The van der Waals surface area contributed by atoms with E-state index in [2.05, 4.69) is 5.16 Å². The summed E-state index contributed by atoms with van der Waals surface area (Å²) in [7, 11) is 0. The quantitative estimate of drug-likeness (QED) is 0.390. The molecule has 2 aromatic rings. The number of nitrogens with zero attached hydrogens (tertiary/aromatic N) is 1. The van der Waals surface area contributed by atoms with Gasteiger partial charge in [-0.3, -0.25) is 0 Å². The maximum absolute atomic E-state index is 13.1. The second kappa shape index (κ2) is 6.06. The standard InChI is InChI=1S/C15H15FN2O2/c1-10-2-7-13(16)8-14(10)20-9-11-3-5-12(6-4-11)15(17)18-19/h2-8,19H,9H2,1H3,(H2,17,18). The first-order chi connectivity index (χ1) is 9.60. The van der Waals surface area contributed by atoms with Gasteiger partial charge in [-0.25, -0.2) is 4.39 Å². The highest BCUT2D eigenvalue weighted by Gasteiger charge is 2.03. The molecule has 2 rings (SSSR count). The number of hydrogen-bond donors (Lipinski definition) is 2. The van der Waals surface area contributed by atoms with E-state index in [1.807, 2.05) is 19.1 Å². The SMILES string of the molecule is Cc1ccc(F)cc1OCc1ccc(/C(N)=N/O)cc1. The summed E-state index contributed by atoms with van der Waals surface area (Å²) in [6.07, 6.45) is 0. The minimum absolute atomic E-state index is 0.0541. The number of hydrogen-bond acceptors (Lipinski definition) is 3. The second-order valence-electron chi connectivity index (χ2n) is 4.38.